The number of hydrogen-bond donors (Lipinski definition) is 2. The lowest BCUT2D eigenvalue weighted by Gasteiger charge is -2.16. The Morgan fingerprint density at radius 1 is 1.21 bits per heavy atom. The van der Waals surface area contributed by atoms with Gasteiger partial charge in [0.25, 0.3) is 0 Å². The van der Waals surface area contributed by atoms with E-state index in [9.17, 15) is 0 Å². The van der Waals surface area contributed by atoms with Crippen molar-refractivity contribution < 1.29 is 9.47 Å². The van der Waals surface area contributed by atoms with Crippen LogP contribution in [0.2, 0.25) is 5.15 Å². The molecule has 2 rings (SSSR count). The molecule has 1 heterocycles. The van der Waals surface area contributed by atoms with Gasteiger partial charge >= 0.3 is 0 Å². The van der Waals surface area contributed by atoms with Gasteiger partial charge in [0.1, 0.15) is 5.15 Å². The molecule has 0 radical (unpaired) electrons. The summed E-state index contributed by atoms with van der Waals surface area (Å²) in [5.74, 6) is 2.17. The molecule has 0 atom stereocenters. The van der Waals surface area contributed by atoms with Gasteiger partial charge in [0.05, 0.1) is 14.2 Å². The van der Waals surface area contributed by atoms with Gasteiger partial charge < -0.3 is 20.1 Å². The molecular formula is C21H28ClIN4O2. The van der Waals surface area contributed by atoms with Gasteiger partial charge in [0.2, 0.25) is 0 Å². The summed E-state index contributed by atoms with van der Waals surface area (Å²) in [6.07, 6.45) is 5.16. The van der Waals surface area contributed by atoms with E-state index in [-0.39, 0.29) is 24.0 Å². The van der Waals surface area contributed by atoms with E-state index in [1.165, 1.54) is 0 Å². The second-order valence-corrected chi connectivity index (χ2v) is 6.46. The minimum atomic E-state index is 0. The second-order valence-electron chi connectivity index (χ2n) is 6.07. The van der Waals surface area contributed by atoms with E-state index in [0.717, 1.165) is 41.4 Å². The Labute approximate surface area is 194 Å². The average Bonchev–Trinajstić information content (AvgIpc) is 2.71. The van der Waals surface area contributed by atoms with Crippen LogP contribution >= 0.6 is 35.6 Å². The topological polar surface area (TPSA) is 67.8 Å². The van der Waals surface area contributed by atoms with Gasteiger partial charge in [-0.3, -0.25) is 4.99 Å². The fraction of sp³-hybridized carbons (Fsp3) is 0.333. The van der Waals surface area contributed by atoms with Gasteiger partial charge in [0.15, 0.2) is 17.5 Å². The molecule has 0 aliphatic carbocycles. The van der Waals surface area contributed by atoms with Crippen LogP contribution in [-0.2, 0) is 19.4 Å². The Morgan fingerprint density at radius 3 is 2.59 bits per heavy atom. The molecule has 0 fully saturated rings. The standard InChI is InChI=1S/C21H27ClN4O2.HI/c1-5-6-17-11-16(12-18(27-3)20(17)28-4)14-26-21(23-2)24-10-9-15-7-8-19(22)25-13-15;/h5,7-8,11-13H,1,6,9-10,14H2,2-4H3,(H2,23,24,26);1H. The summed E-state index contributed by atoms with van der Waals surface area (Å²) in [6.45, 7) is 5.15. The van der Waals surface area contributed by atoms with E-state index < -0.39 is 0 Å². The molecule has 29 heavy (non-hydrogen) atoms. The molecule has 6 nitrogen and oxygen atoms in total. The molecule has 1 aromatic heterocycles. The molecule has 158 valence electrons. The van der Waals surface area contributed by atoms with E-state index in [1.807, 2.05) is 18.2 Å². The number of benzene rings is 1. The number of halogens is 2. The maximum Gasteiger partial charge on any atom is 0.191 e. The lowest BCUT2D eigenvalue weighted by molar-refractivity contribution is 0.352. The zero-order chi connectivity index (χ0) is 20.4. The predicted molar refractivity (Wildman–Crippen MR) is 130 cm³/mol. The number of methoxy groups -OCH3 is 2. The minimum Gasteiger partial charge on any atom is -0.493 e. The third-order valence-corrected chi connectivity index (χ3v) is 4.38. The van der Waals surface area contributed by atoms with Crippen molar-refractivity contribution in [1.82, 2.24) is 15.6 Å². The van der Waals surface area contributed by atoms with Crippen LogP contribution in [-0.4, -0.2) is 38.8 Å². The van der Waals surface area contributed by atoms with Crippen molar-refractivity contribution in [3.05, 3.63) is 65.0 Å². The molecule has 0 unspecified atom stereocenters. The first-order valence-corrected chi connectivity index (χ1v) is 9.38. The normalized spacial score (nSPS) is 10.7. The lowest BCUT2D eigenvalue weighted by Crippen LogP contribution is -2.37. The van der Waals surface area contributed by atoms with Crippen LogP contribution < -0.4 is 20.1 Å². The number of pyridine rings is 1. The smallest absolute Gasteiger partial charge is 0.191 e. The number of hydrogen-bond acceptors (Lipinski definition) is 4. The Balaban J connectivity index is 0.00000420. The van der Waals surface area contributed by atoms with Gasteiger partial charge in [-0.05, 0) is 42.2 Å². The molecule has 0 amide bonds. The quantitative estimate of drug-likeness (QED) is 0.169. The molecule has 2 N–H and O–H groups in total. The summed E-state index contributed by atoms with van der Waals surface area (Å²) < 4.78 is 11.0. The number of aromatic nitrogens is 1. The van der Waals surface area contributed by atoms with Crippen molar-refractivity contribution in [2.75, 3.05) is 27.8 Å². The second kappa shape index (κ2) is 13.3. The third-order valence-electron chi connectivity index (χ3n) is 4.16. The van der Waals surface area contributed by atoms with E-state index in [1.54, 1.807) is 33.5 Å². The Hall–Kier alpha value is -2.00. The highest BCUT2D eigenvalue weighted by molar-refractivity contribution is 14.0. The summed E-state index contributed by atoms with van der Waals surface area (Å²) in [5.41, 5.74) is 3.22. The van der Waals surface area contributed by atoms with Crippen molar-refractivity contribution in [3.8, 4) is 11.5 Å². The number of rotatable bonds is 9. The van der Waals surface area contributed by atoms with E-state index in [2.05, 4.69) is 33.3 Å². The van der Waals surface area contributed by atoms with Crippen molar-refractivity contribution in [2.45, 2.75) is 19.4 Å². The SMILES string of the molecule is C=CCc1cc(CNC(=NC)NCCc2ccc(Cl)nc2)cc(OC)c1OC.I. The molecule has 1 aromatic carbocycles. The molecule has 0 bridgehead atoms. The molecule has 2 aromatic rings. The first-order chi connectivity index (χ1) is 13.6. The molecule has 0 aliphatic rings. The van der Waals surface area contributed by atoms with Crippen LogP contribution in [0.5, 0.6) is 11.5 Å². The van der Waals surface area contributed by atoms with E-state index >= 15 is 0 Å². The number of allylic oxidation sites excluding steroid dienone is 1. The maximum atomic E-state index is 5.81. The number of aliphatic imine (C=N–C) groups is 1. The van der Waals surface area contributed by atoms with Crippen molar-refractivity contribution in [2.24, 2.45) is 4.99 Å². The number of guanidine groups is 1. The Bertz CT molecular complexity index is 813. The van der Waals surface area contributed by atoms with Crippen LogP contribution in [0.1, 0.15) is 16.7 Å². The van der Waals surface area contributed by atoms with Crippen LogP contribution in [0.15, 0.2) is 48.1 Å². The number of nitrogens with zero attached hydrogens (tertiary/aromatic N) is 2. The lowest BCUT2D eigenvalue weighted by atomic mass is 10.1. The summed E-state index contributed by atoms with van der Waals surface area (Å²) in [4.78, 5) is 8.36. The van der Waals surface area contributed by atoms with Gasteiger partial charge in [-0.25, -0.2) is 4.98 Å². The largest absolute Gasteiger partial charge is 0.493 e. The maximum absolute atomic E-state index is 5.81. The summed E-state index contributed by atoms with van der Waals surface area (Å²) in [5, 5.41) is 7.12. The summed E-state index contributed by atoms with van der Waals surface area (Å²) in [7, 11) is 5.03. The number of ether oxygens (including phenoxy) is 2. The molecule has 0 saturated carbocycles. The van der Waals surface area contributed by atoms with Crippen LogP contribution in [0.3, 0.4) is 0 Å². The molecule has 0 saturated heterocycles. The highest BCUT2D eigenvalue weighted by Gasteiger charge is 2.12. The highest BCUT2D eigenvalue weighted by Crippen LogP contribution is 2.33. The monoisotopic (exact) mass is 530 g/mol. The molecule has 0 aliphatic heterocycles. The van der Waals surface area contributed by atoms with Gasteiger partial charge in [0, 0.05) is 31.9 Å². The summed E-state index contributed by atoms with van der Waals surface area (Å²) in [6, 6.07) is 7.81. The first kappa shape index (κ1) is 25.0. The summed E-state index contributed by atoms with van der Waals surface area (Å²) >= 11 is 5.81. The predicted octanol–water partition coefficient (Wildman–Crippen LogP) is 4.01. The van der Waals surface area contributed by atoms with Crippen molar-refractivity contribution in [3.63, 3.8) is 0 Å². The number of nitrogens with one attached hydrogen (secondary N) is 2. The fourth-order valence-corrected chi connectivity index (χ4v) is 2.91. The average molecular weight is 531 g/mol. The van der Waals surface area contributed by atoms with E-state index in [0.29, 0.717) is 23.9 Å². The van der Waals surface area contributed by atoms with Gasteiger partial charge in [-0.2, -0.15) is 0 Å². The Kier molecular flexibility index (Phi) is 11.5. The zero-order valence-electron chi connectivity index (χ0n) is 17.0. The minimum absolute atomic E-state index is 0. The molecular weight excluding hydrogens is 503 g/mol. The fourth-order valence-electron chi connectivity index (χ4n) is 2.80. The third kappa shape index (κ3) is 7.74. The molecule has 8 heteroatoms. The highest BCUT2D eigenvalue weighted by atomic mass is 127. The van der Waals surface area contributed by atoms with Gasteiger partial charge in [-0.1, -0.05) is 23.7 Å². The van der Waals surface area contributed by atoms with Gasteiger partial charge in [-0.15, -0.1) is 30.6 Å². The Morgan fingerprint density at radius 2 is 2.00 bits per heavy atom. The zero-order valence-corrected chi connectivity index (χ0v) is 20.1. The van der Waals surface area contributed by atoms with Crippen LogP contribution in [0.25, 0.3) is 0 Å². The van der Waals surface area contributed by atoms with Crippen molar-refractivity contribution in [1.29, 1.82) is 0 Å². The first-order valence-electron chi connectivity index (χ1n) is 9.00. The van der Waals surface area contributed by atoms with E-state index in [4.69, 9.17) is 21.1 Å². The molecule has 0 spiro atoms. The van der Waals surface area contributed by atoms with Crippen LogP contribution in [0.4, 0.5) is 0 Å². The van der Waals surface area contributed by atoms with Crippen molar-refractivity contribution >= 4 is 41.5 Å². The van der Waals surface area contributed by atoms with Crippen LogP contribution in [0, 0.1) is 0 Å².